The van der Waals surface area contributed by atoms with Crippen molar-refractivity contribution in [3.63, 3.8) is 0 Å². The number of carbonyl (C=O) groups excluding carboxylic acids is 1. The van der Waals surface area contributed by atoms with E-state index in [1.54, 1.807) is 6.92 Å². The van der Waals surface area contributed by atoms with Crippen LogP contribution in [0.2, 0.25) is 5.02 Å². The van der Waals surface area contributed by atoms with Gasteiger partial charge in [0.25, 0.3) is 0 Å². The molecule has 78 valence electrons. The predicted molar refractivity (Wildman–Crippen MR) is 57.4 cm³/mol. The lowest BCUT2D eigenvalue weighted by Crippen LogP contribution is -1.97. The number of hydrogen-bond acceptors (Lipinski definition) is 1. The van der Waals surface area contributed by atoms with E-state index in [4.69, 9.17) is 11.6 Å². The summed E-state index contributed by atoms with van der Waals surface area (Å²) in [6.45, 7) is 5.74. The molecule has 0 fully saturated rings. The number of carbonyl (C=O) groups is 1. The zero-order chi connectivity index (χ0) is 11.1. The normalized spacial score (nSPS) is 8.93. The van der Waals surface area contributed by atoms with E-state index in [0.29, 0.717) is 12.0 Å². The van der Waals surface area contributed by atoms with Crippen LogP contribution in [0.5, 0.6) is 0 Å². The highest BCUT2D eigenvalue weighted by atomic mass is 35.5. The Labute approximate surface area is 88.9 Å². The van der Waals surface area contributed by atoms with Crippen LogP contribution in [0.25, 0.3) is 0 Å². The molecule has 0 aromatic heterocycles. The van der Waals surface area contributed by atoms with Crippen molar-refractivity contribution < 1.29 is 9.18 Å². The lowest BCUT2D eigenvalue weighted by molar-refractivity contribution is 0.0988. The van der Waals surface area contributed by atoms with E-state index < -0.39 is 5.82 Å². The van der Waals surface area contributed by atoms with Crippen LogP contribution in [-0.4, -0.2) is 5.78 Å². The minimum Gasteiger partial charge on any atom is -0.294 e. The van der Waals surface area contributed by atoms with E-state index >= 15 is 0 Å². The molecular weight excluding hydrogens is 203 g/mol. The van der Waals surface area contributed by atoms with Crippen molar-refractivity contribution >= 4 is 17.4 Å². The average molecular weight is 217 g/mol. The Kier molecular flexibility index (Phi) is 6.13. The molecule has 0 bridgehead atoms. The SMILES string of the molecule is CC.CCC(=O)c1ccc(F)cc1Cl. The highest BCUT2D eigenvalue weighted by molar-refractivity contribution is 6.33. The quantitative estimate of drug-likeness (QED) is 0.681. The minimum atomic E-state index is -0.423. The minimum absolute atomic E-state index is 0.0694. The second-order valence-electron chi connectivity index (χ2n) is 2.40. The van der Waals surface area contributed by atoms with Gasteiger partial charge in [0.2, 0.25) is 0 Å². The van der Waals surface area contributed by atoms with Crippen LogP contribution in [-0.2, 0) is 0 Å². The lowest BCUT2D eigenvalue weighted by Gasteiger charge is -1.99. The number of rotatable bonds is 2. The van der Waals surface area contributed by atoms with E-state index in [-0.39, 0.29) is 10.8 Å². The van der Waals surface area contributed by atoms with Crippen LogP contribution in [0.1, 0.15) is 37.6 Å². The smallest absolute Gasteiger partial charge is 0.164 e. The van der Waals surface area contributed by atoms with Gasteiger partial charge < -0.3 is 0 Å². The zero-order valence-electron chi connectivity index (χ0n) is 8.60. The summed E-state index contributed by atoms with van der Waals surface area (Å²) in [4.78, 5) is 11.1. The fourth-order valence-corrected chi connectivity index (χ4v) is 1.18. The van der Waals surface area contributed by atoms with Crippen molar-refractivity contribution in [2.45, 2.75) is 27.2 Å². The molecule has 0 heterocycles. The predicted octanol–water partition coefficient (Wildman–Crippen LogP) is 4.10. The third kappa shape index (κ3) is 3.46. The first-order valence-corrected chi connectivity index (χ1v) is 5.01. The van der Waals surface area contributed by atoms with Gasteiger partial charge in [0.15, 0.2) is 5.78 Å². The monoisotopic (exact) mass is 216 g/mol. The molecule has 0 unspecified atom stereocenters. The van der Waals surface area contributed by atoms with Crippen LogP contribution in [0, 0.1) is 5.82 Å². The molecule has 0 radical (unpaired) electrons. The van der Waals surface area contributed by atoms with E-state index in [1.807, 2.05) is 13.8 Å². The molecule has 0 aliphatic carbocycles. The number of ketones is 1. The van der Waals surface area contributed by atoms with Gasteiger partial charge in [-0.1, -0.05) is 32.4 Å². The highest BCUT2D eigenvalue weighted by Gasteiger charge is 2.07. The van der Waals surface area contributed by atoms with Crippen molar-refractivity contribution in [2.75, 3.05) is 0 Å². The Hall–Kier alpha value is -0.890. The molecule has 1 aromatic rings. The molecule has 0 saturated carbocycles. The van der Waals surface area contributed by atoms with Crippen molar-refractivity contribution in [2.24, 2.45) is 0 Å². The summed E-state index contributed by atoms with van der Waals surface area (Å²) in [5.74, 6) is -0.493. The zero-order valence-corrected chi connectivity index (χ0v) is 9.36. The highest BCUT2D eigenvalue weighted by Crippen LogP contribution is 2.18. The van der Waals surface area contributed by atoms with E-state index in [2.05, 4.69) is 0 Å². The molecule has 14 heavy (non-hydrogen) atoms. The molecule has 0 amide bonds. The number of halogens is 2. The molecule has 0 aliphatic heterocycles. The summed E-state index contributed by atoms with van der Waals surface area (Å²) in [7, 11) is 0. The Balaban J connectivity index is 0.000000791. The van der Waals surface area contributed by atoms with Gasteiger partial charge in [-0.05, 0) is 18.2 Å². The maximum Gasteiger partial charge on any atom is 0.164 e. The topological polar surface area (TPSA) is 17.1 Å². The third-order valence-corrected chi connectivity index (χ3v) is 1.87. The Morgan fingerprint density at radius 3 is 2.43 bits per heavy atom. The third-order valence-electron chi connectivity index (χ3n) is 1.55. The van der Waals surface area contributed by atoms with Gasteiger partial charge in [0, 0.05) is 12.0 Å². The van der Waals surface area contributed by atoms with Crippen molar-refractivity contribution in [1.82, 2.24) is 0 Å². The van der Waals surface area contributed by atoms with Gasteiger partial charge in [-0.15, -0.1) is 0 Å². The first kappa shape index (κ1) is 13.1. The molecule has 0 aliphatic rings. The van der Waals surface area contributed by atoms with Gasteiger partial charge in [-0.2, -0.15) is 0 Å². The molecule has 1 aromatic carbocycles. The van der Waals surface area contributed by atoms with E-state index in [9.17, 15) is 9.18 Å². The summed E-state index contributed by atoms with van der Waals surface area (Å²) < 4.78 is 12.5. The summed E-state index contributed by atoms with van der Waals surface area (Å²) in [5, 5.41) is 0.182. The Morgan fingerprint density at radius 1 is 1.43 bits per heavy atom. The molecule has 1 nitrogen and oxygen atoms in total. The fraction of sp³-hybridized carbons (Fsp3) is 0.364. The molecule has 0 N–H and O–H groups in total. The lowest BCUT2D eigenvalue weighted by atomic mass is 10.1. The van der Waals surface area contributed by atoms with Crippen LogP contribution in [0.3, 0.4) is 0 Å². The number of benzene rings is 1. The largest absolute Gasteiger partial charge is 0.294 e. The maximum atomic E-state index is 12.5. The molecule has 1 rings (SSSR count). The van der Waals surface area contributed by atoms with Gasteiger partial charge in [-0.3, -0.25) is 4.79 Å². The molecule has 0 saturated heterocycles. The molecule has 3 heteroatoms. The second kappa shape index (κ2) is 6.55. The first-order chi connectivity index (χ1) is 6.65. The Bertz CT molecular complexity index is 310. The van der Waals surface area contributed by atoms with Crippen LogP contribution in [0.4, 0.5) is 4.39 Å². The standard InChI is InChI=1S/C9H8ClFO.C2H6/c1-2-9(12)7-4-3-6(11)5-8(7)10;1-2/h3-5H,2H2,1H3;1-2H3. The van der Waals surface area contributed by atoms with Gasteiger partial charge in [0.1, 0.15) is 5.82 Å². The van der Waals surface area contributed by atoms with Crippen molar-refractivity contribution in [3.8, 4) is 0 Å². The summed E-state index contributed by atoms with van der Waals surface area (Å²) in [5.41, 5.74) is 0.389. The number of hydrogen-bond donors (Lipinski definition) is 0. The average Bonchev–Trinajstić information content (AvgIpc) is 2.20. The van der Waals surface area contributed by atoms with E-state index in [1.165, 1.54) is 12.1 Å². The maximum absolute atomic E-state index is 12.5. The van der Waals surface area contributed by atoms with Crippen LogP contribution >= 0.6 is 11.6 Å². The van der Waals surface area contributed by atoms with Crippen LogP contribution < -0.4 is 0 Å². The Morgan fingerprint density at radius 2 is 2.00 bits per heavy atom. The summed E-state index contributed by atoms with van der Waals surface area (Å²) in [6.07, 6.45) is 0.380. The summed E-state index contributed by atoms with van der Waals surface area (Å²) >= 11 is 5.64. The second-order valence-corrected chi connectivity index (χ2v) is 2.81. The molecular formula is C11H14ClFO. The van der Waals surface area contributed by atoms with Crippen LogP contribution in [0.15, 0.2) is 18.2 Å². The number of Topliss-reactive ketones (excluding diaryl/α,β-unsaturated/α-hetero) is 1. The van der Waals surface area contributed by atoms with Crippen molar-refractivity contribution in [3.05, 3.63) is 34.6 Å². The fourth-order valence-electron chi connectivity index (χ4n) is 0.906. The van der Waals surface area contributed by atoms with Gasteiger partial charge in [0.05, 0.1) is 5.02 Å². The molecule has 0 atom stereocenters. The van der Waals surface area contributed by atoms with Gasteiger partial charge in [-0.25, -0.2) is 4.39 Å². The summed E-state index contributed by atoms with van der Waals surface area (Å²) in [6, 6.07) is 3.78. The van der Waals surface area contributed by atoms with Gasteiger partial charge >= 0.3 is 0 Å². The molecule has 0 spiro atoms. The van der Waals surface area contributed by atoms with Crippen molar-refractivity contribution in [1.29, 1.82) is 0 Å². The van der Waals surface area contributed by atoms with E-state index in [0.717, 1.165) is 6.07 Å². The first-order valence-electron chi connectivity index (χ1n) is 4.63.